The maximum Gasteiger partial charge on any atom is 2.00 e. The van der Waals surface area contributed by atoms with Crippen LogP contribution in [-0.2, 0) is 16.8 Å². The molecule has 0 aromatic carbocycles. The van der Waals surface area contributed by atoms with E-state index in [1.54, 1.807) is 0 Å². The second kappa shape index (κ2) is 14.1. The molecule has 0 fully saturated rings. The Morgan fingerprint density at radius 1 is 0.923 bits per heavy atom. The van der Waals surface area contributed by atoms with Crippen molar-refractivity contribution >= 4 is 0 Å². The molecule has 0 unspecified atom stereocenters. The van der Waals surface area contributed by atoms with Gasteiger partial charge < -0.3 is 10.2 Å². The van der Waals surface area contributed by atoms with Crippen LogP contribution in [0.25, 0.3) is 0 Å². The molecule has 0 aliphatic rings. The van der Waals surface area contributed by atoms with Gasteiger partial charge in [0.1, 0.15) is 0 Å². The van der Waals surface area contributed by atoms with E-state index >= 15 is 0 Å². The van der Waals surface area contributed by atoms with Gasteiger partial charge in [0.2, 0.25) is 0 Å². The zero-order valence-electron chi connectivity index (χ0n) is 8.39. The van der Waals surface area contributed by atoms with Gasteiger partial charge in [-0.3, -0.25) is 0 Å². The molecular weight excluding hydrogens is 211 g/mol. The second-order valence-corrected chi connectivity index (χ2v) is 2.58. The van der Waals surface area contributed by atoms with E-state index in [2.05, 4.69) is 13.2 Å². The van der Waals surface area contributed by atoms with Crippen molar-refractivity contribution in [2.24, 2.45) is 0 Å². The van der Waals surface area contributed by atoms with Crippen molar-refractivity contribution in [2.45, 2.75) is 39.5 Å². The van der Waals surface area contributed by atoms with Crippen LogP contribution in [0.4, 0.5) is 0 Å². The topological polar surface area (TPSA) is 46.1 Å². The molecule has 0 aromatic rings. The molecule has 13 heavy (non-hydrogen) atoms. The summed E-state index contributed by atoms with van der Waals surface area (Å²) in [5.41, 5.74) is 0. The van der Waals surface area contributed by atoms with E-state index in [0.29, 0.717) is 12.8 Å². The van der Waals surface area contributed by atoms with Gasteiger partial charge in [-0.15, -0.1) is 24.7 Å². The third-order valence-corrected chi connectivity index (χ3v) is 1.06. The summed E-state index contributed by atoms with van der Waals surface area (Å²) in [5.74, 6) is 0.0787. The molecule has 0 amide bonds. The normalized spacial score (nSPS) is 7.54. The summed E-state index contributed by atoms with van der Waals surface area (Å²) in [6.07, 6.45) is 3.09. The van der Waals surface area contributed by atoms with Crippen LogP contribution in [0.2, 0.25) is 0 Å². The molecule has 0 aliphatic carbocycles. The SMILES string of the molecule is C=C([O-])CCC.C=C([O-])CCC.[Co+2]. The Labute approximate surface area is 91.6 Å². The second-order valence-electron chi connectivity index (χ2n) is 2.58. The van der Waals surface area contributed by atoms with Gasteiger partial charge in [-0.25, -0.2) is 0 Å². The van der Waals surface area contributed by atoms with Gasteiger partial charge in [-0.05, 0) is 12.8 Å². The number of hydrogen-bond acceptors (Lipinski definition) is 2. The van der Waals surface area contributed by atoms with Gasteiger partial charge in [-0.1, -0.05) is 26.7 Å². The Balaban J connectivity index is -0.000000143. The summed E-state index contributed by atoms with van der Waals surface area (Å²) in [5, 5.41) is 19.9. The molecule has 0 rings (SSSR count). The minimum Gasteiger partial charge on any atom is -0.876 e. The molecule has 1 radical (unpaired) electrons. The third kappa shape index (κ3) is 34.1. The van der Waals surface area contributed by atoms with Gasteiger partial charge in [0.25, 0.3) is 0 Å². The van der Waals surface area contributed by atoms with Crippen LogP contribution in [-0.4, -0.2) is 0 Å². The molecule has 0 spiro atoms. The average molecular weight is 229 g/mol. The van der Waals surface area contributed by atoms with Gasteiger partial charge >= 0.3 is 16.8 Å². The van der Waals surface area contributed by atoms with Crippen LogP contribution in [0.3, 0.4) is 0 Å². The first kappa shape index (κ1) is 18.4. The van der Waals surface area contributed by atoms with Crippen molar-refractivity contribution in [3.63, 3.8) is 0 Å². The smallest absolute Gasteiger partial charge is 0.876 e. The monoisotopic (exact) mass is 229 g/mol. The van der Waals surface area contributed by atoms with Crippen molar-refractivity contribution in [1.29, 1.82) is 0 Å². The maximum absolute atomic E-state index is 9.93. The first-order chi connectivity index (χ1) is 5.54. The molecule has 0 bridgehead atoms. The van der Waals surface area contributed by atoms with Crippen LogP contribution >= 0.6 is 0 Å². The predicted octanol–water partition coefficient (Wildman–Crippen LogP) is 1.32. The van der Waals surface area contributed by atoms with Crippen LogP contribution < -0.4 is 10.2 Å². The average Bonchev–Trinajstić information content (AvgIpc) is 1.87. The first-order valence-corrected chi connectivity index (χ1v) is 4.24. The van der Waals surface area contributed by atoms with Crippen molar-refractivity contribution in [3.8, 4) is 0 Å². The van der Waals surface area contributed by atoms with Crippen molar-refractivity contribution < 1.29 is 27.0 Å². The Hall–Kier alpha value is -0.414. The fourth-order valence-electron chi connectivity index (χ4n) is 0.558. The van der Waals surface area contributed by atoms with E-state index in [9.17, 15) is 10.2 Å². The summed E-state index contributed by atoms with van der Waals surface area (Å²) in [4.78, 5) is 0. The fraction of sp³-hybridized carbons (Fsp3) is 0.600. The van der Waals surface area contributed by atoms with E-state index in [1.807, 2.05) is 13.8 Å². The molecule has 79 valence electrons. The summed E-state index contributed by atoms with van der Waals surface area (Å²) in [6.45, 7) is 10.3. The Morgan fingerprint density at radius 3 is 1.15 bits per heavy atom. The van der Waals surface area contributed by atoms with Crippen LogP contribution in [0.5, 0.6) is 0 Å². The van der Waals surface area contributed by atoms with E-state index in [-0.39, 0.29) is 28.3 Å². The van der Waals surface area contributed by atoms with E-state index in [0.717, 1.165) is 12.8 Å². The van der Waals surface area contributed by atoms with Crippen LogP contribution in [0.15, 0.2) is 24.7 Å². The molecule has 0 heterocycles. The van der Waals surface area contributed by atoms with Crippen LogP contribution in [0, 0.1) is 0 Å². The number of allylic oxidation sites excluding steroid dienone is 2. The third-order valence-electron chi connectivity index (χ3n) is 1.06. The Kier molecular flexibility index (Phi) is 20.0. The van der Waals surface area contributed by atoms with E-state index in [1.165, 1.54) is 0 Å². The van der Waals surface area contributed by atoms with Crippen LogP contribution in [0.1, 0.15) is 39.5 Å². The molecule has 0 aliphatic heterocycles. The molecule has 0 N–H and O–H groups in total. The maximum atomic E-state index is 9.93. The van der Waals surface area contributed by atoms with Crippen molar-refractivity contribution in [3.05, 3.63) is 24.7 Å². The predicted molar refractivity (Wildman–Crippen MR) is 48.1 cm³/mol. The van der Waals surface area contributed by atoms with Gasteiger partial charge in [0.05, 0.1) is 0 Å². The van der Waals surface area contributed by atoms with Gasteiger partial charge in [-0.2, -0.15) is 0 Å². The number of rotatable bonds is 4. The molecule has 0 aromatic heterocycles. The molecule has 3 heteroatoms. The first-order valence-electron chi connectivity index (χ1n) is 4.24. The van der Waals surface area contributed by atoms with Gasteiger partial charge in [0, 0.05) is 0 Å². The largest absolute Gasteiger partial charge is 2.00 e. The minimum atomic E-state index is 0. The summed E-state index contributed by atoms with van der Waals surface area (Å²) in [6, 6.07) is 0. The Morgan fingerprint density at radius 2 is 1.15 bits per heavy atom. The van der Waals surface area contributed by atoms with Crippen molar-refractivity contribution in [1.82, 2.24) is 0 Å². The van der Waals surface area contributed by atoms with Crippen molar-refractivity contribution in [2.75, 3.05) is 0 Å². The van der Waals surface area contributed by atoms with E-state index in [4.69, 9.17) is 0 Å². The standard InChI is InChI=1S/2C5H10O.Co/c2*1-3-4-5(2)6;/h2*6H,2-4H2,1H3;/q;;+2/p-2. The molecule has 0 saturated carbocycles. The summed E-state index contributed by atoms with van der Waals surface area (Å²) >= 11 is 0. The summed E-state index contributed by atoms with van der Waals surface area (Å²) < 4.78 is 0. The zero-order valence-corrected chi connectivity index (χ0v) is 9.43. The molecular formula is C10H18CoO2. The fourth-order valence-corrected chi connectivity index (χ4v) is 0.558. The summed E-state index contributed by atoms with van der Waals surface area (Å²) in [7, 11) is 0. The zero-order chi connectivity index (χ0) is 9.98. The quantitative estimate of drug-likeness (QED) is 0.682. The molecule has 0 atom stereocenters. The number of hydrogen-bond donors (Lipinski definition) is 0. The van der Waals surface area contributed by atoms with E-state index < -0.39 is 0 Å². The Bertz CT molecular complexity index is 117. The van der Waals surface area contributed by atoms with Gasteiger partial charge in [0.15, 0.2) is 0 Å². The minimum absolute atomic E-state index is 0. The molecule has 0 saturated heterocycles. The molecule has 2 nitrogen and oxygen atoms in total.